The Bertz CT molecular complexity index is 926. The lowest BCUT2D eigenvalue weighted by molar-refractivity contribution is -0.132. The lowest BCUT2D eigenvalue weighted by atomic mass is 9.83. The van der Waals surface area contributed by atoms with E-state index in [1.54, 1.807) is 13.2 Å². The second-order valence-electron chi connectivity index (χ2n) is 8.56. The number of H-pyrrole nitrogens is 1. The maximum atomic E-state index is 13.3. The molecular weight excluding hydrogens is 380 g/mol. The Morgan fingerprint density at radius 3 is 2.83 bits per heavy atom. The van der Waals surface area contributed by atoms with Crippen LogP contribution >= 0.6 is 0 Å². The normalized spacial score (nSPS) is 22.0. The van der Waals surface area contributed by atoms with Gasteiger partial charge in [0, 0.05) is 31.6 Å². The lowest BCUT2D eigenvalue weighted by Gasteiger charge is -2.45. The molecule has 2 saturated heterocycles. The molecule has 4 rings (SSSR count). The standard InChI is InChI=1S/C23H32N4O3/c1-30-14-13-27(16-17-7-6-12-26-11-5-4-10-21(17)26)22(28)15-20-18-8-2-3-9-19(18)23(29)25-24-20/h2-3,8-9,17,21H,4-7,10-16H2,1H3,(H,25,29). The first-order valence-electron chi connectivity index (χ1n) is 11.1. The number of hydrogen-bond donors (Lipinski definition) is 1. The number of hydrogen-bond acceptors (Lipinski definition) is 5. The van der Waals surface area contributed by atoms with Crippen LogP contribution in [0.2, 0.25) is 0 Å². The average Bonchev–Trinajstić information content (AvgIpc) is 2.78. The van der Waals surface area contributed by atoms with E-state index in [-0.39, 0.29) is 17.9 Å². The van der Waals surface area contributed by atoms with Gasteiger partial charge in [0.15, 0.2) is 0 Å². The fraction of sp³-hybridized carbons (Fsp3) is 0.609. The molecule has 0 bridgehead atoms. The van der Waals surface area contributed by atoms with Crippen molar-refractivity contribution in [3.63, 3.8) is 0 Å². The van der Waals surface area contributed by atoms with E-state index in [9.17, 15) is 9.59 Å². The number of nitrogens with zero attached hydrogens (tertiary/aromatic N) is 3. The first-order chi connectivity index (χ1) is 14.7. The van der Waals surface area contributed by atoms with Crippen LogP contribution < -0.4 is 5.56 Å². The lowest BCUT2D eigenvalue weighted by Crippen LogP contribution is -2.52. The van der Waals surface area contributed by atoms with Crippen molar-refractivity contribution in [2.75, 3.05) is 39.9 Å². The number of aromatic nitrogens is 2. The quantitative estimate of drug-likeness (QED) is 0.754. The van der Waals surface area contributed by atoms with Gasteiger partial charge in [-0.2, -0.15) is 5.10 Å². The SMILES string of the molecule is COCCN(CC1CCCN2CCCCC12)C(=O)Cc1n[nH]c(=O)c2ccccc12. The Morgan fingerprint density at radius 1 is 1.20 bits per heavy atom. The summed E-state index contributed by atoms with van der Waals surface area (Å²) in [7, 11) is 1.67. The number of amides is 1. The molecule has 162 valence electrons. The number of benzene rings is 1. The summed E-state index contributed by atoms with van der Waals surface area (Å²) in [5, 5.41) is 8.06. The van der Waals surface area contributed by atoms with E-state index in [0.29, 0.717) is 36.2 Å². The van der Waals surface area contributed by atoms with Gasteiger partial charge in [0.1, 0.15) is 0 Å². The summed E-state index contributed by atoms with van der Waals surface area (Å²) in [6.45, 7) is 4.26. The van der Waals surface area contributed by atoms with Crippen LogP contribution in [0.4, 0.5) is 0 Å². The number of rotatable bonds is 7. The van der Waals surface area contributed by atoms with Gasteiger partial charge in [-0.3, -0.25) is 9.59 Å². The maximum Gasteiger partial charge on any atom is 0.272 e. The molecule has 2 fully saturated rings. The summed E-state index contributed by atoms with van der Waals surface area (Å²) in [5.41, 5.74) is 0.401. The molecule has 2 aromatic rings. The van der Waals surface area contributed by atoms with Crippen LogP contribution in [-0.4, -0.2) is 71.8 Å². The Kier molecular flexibility index (Phi) is 6.79. The third-order valence-electron chi connectivity index (χ3n) is 6.70. The van der Waals surface area contributed by atoms with Crippen LogP contribution in [0.25, 0.3) is 10.8 Å². The molecule has 0 aliphatic carbocycles. The highest BCUT2D eigenvalue weighted by Gasteiger charge is 2.34. The van der Waals surface area contributed by atoms with Gasteiger partial charge >= 0.3 is 0 Å². The smallest absolute Gasteiger partial charge is 0.272 e. The molecule has 0 spiro atoms. The zero-order valence-corrected chi connectivity index (χ0v) is 17.8. The number of carbonyl (C=O) groups is 1. The minimum Gasteiger partial charge on any atom is -0.383 e. The number of ether oxygens (including phenoxy) is 1. The molecule has 1 N–H and O–H groups in total. The predicted octanol–water partition coefficient (Wildman–Crippen LogP) is 2.21. The molecule has 1 amide bonds. The summed E-state index contributed by atoms with van der Waals surface area (Å²) in [6.07, 6.45) is 6.39. The van der Waals surface area contributed by atoms with Crippen molar-refractivity contribution in [1.82, 2.24) is 20.0 Å². The Morgan fingerprint density at radius 2 is 2.00 bits per heavy atom. The zero-order valence-electron chi connectivity index (χ0n) is 17.8. The minimum absolute atomic E-state index is 0.0460. The molecular formula is C23H32N4O3. The highest BCUT2D eigenvalue weighted by Crippen LogP contribution is 2.31. The van der Waals surface area contributed by atoms with Gasteiger partial charge in [-0.15, -0.1) is 0 Å². The zero-order chi connectivity index (χ0) is 20.9. The number of fused-ring (bicyclic) bond motifs is 2. The van der Waals surface area contributed by atoms with E-state index in [0.717, 1.165) is 11.9 Å². The number of carbonyl (C=O) groups excluding carboxylic acids is 1. The molecule has 2 aliphatic heterocycles. The van der Waals surface area contributed by atoms with Crippen molar-refractivity contribution in [2.24, 2.45) is 5.92 Å². The van der Waals surface area contributed by atoms with Crippen LogP contribution in [0.5, 0.6) is 0 Å². The number of aromatic amines is 1. The second kappa shape index (κ2) is 9.71. The number of methoxy groups -OCH3 is 1. The molecule has 1 aromatic heterocycles. The third-order valence-corrected chi connectivity index (χ3v) is 6.70. The minimum atomic E-state index is -0.224. The highest BCUT2D eigenvalue weighted by atomic mass is 16.5. The molecule has 7 heteroatoms. The topological polar surface area (TPSA) is 78.5 Å². The van der Waals surface area contributed by atoms with Crippen LogP contribution in [-0.2, 0) is 16.0 Å². The Balaban J connectivity index is 1.51. The Labute approximate surface area is 177 Å². The van der Waals surface area contributed by atoms with Crippen molar-refractivity contribution < 1.29 is 9.53 Å². The molecule has 7 nitrogen and oxygen atoms in total. The molecule has 30 heavy (non-hydrogen) atoms. The summed E-state index contributed by atoms with van der Waals surface area (Å²) in [6, 6.07) is 7.93. The monoisotopic (exact) mass is 412 g/mol. The summed E-state index contributed by atoms with van der Waals surface area (Å²) in [4.78, 5) is 29.9. The van der Waals surface area contributed by atoms with Gasteiger partial charge in [0.25, 0.3) is 5.56 Å². The first-order valence-corrected chi connectivity index (χ1v) is 11.1. The van der Waals surface area contributed by atoms with Gasteiger partial charge in [0.05, 0.1) is 24.1 Å². The second-order valence-corrected chi connectivity index (χ2v) is 8.56. The number of piperidine rings is 2. The molecule has 2 atom stereocenters. The first kappa shape index (κ1) is 21.0. The van der Waals surface area contributed by atoms with Crippen LogP contribution in [0.3, 0.4) is 0 Å². The average molecular weight is 413 g/mol. The van der Waals surface area contributed by atoms with Crippen molar-refractivity contribution in [3.8, 4) is 0 Å². The van der Waals surface area contributed by atoms with E-state index in [2.05, 4.69) is 15.1 Å². The molecule has 3 heterocycles. The summed E-state index contributed by atoms with van der Waals surface area (Å²) < 4.78 is 5.29. The van der Waals surface area contributed by atoms with Gasteiger partial charge in [0.2, 0.25) is 5.91 Å². The van der Waals surface area contributed by atoms with E-state index in [1.165, 1.54) is 45.2 Å². The molecule has 0 saturated carbocycles. The van der Waals surface area contributed by atoms with Crippen LogP contribution in [0.15, 0.2) is 29.1 Å². The fourth-order valence-electron chi connectivity index (χ4n) is 5.15. The largest absolute Gasteiger partial charge is 0.383 e. The van der Waals surface area contributed by atoms with E-state index in [1.807, 2.05) is 23.1 Å². The van der Waals surface area contributed by atoms with Crippen LogP contribution in [0, 0.1) is 5.92 Å². The van der Waals surface area contributed by atoms with Gasteiger partial charge in [-0.25, -0.2) is 5.10 Å². The van der Waals surface area contributed by atoms with Crippen molar-refractivity contribution >= 4 is 16.7 Å². The van der Waals surface area contributed by atoms with E-state index >= 15 is 0 Å². The van der Waals surface area contributed by atoms with Gasteiger partial charge < -0.3 is 14.5 Å². The van der Waals surface area contributed by atoms with Crippen LogP contribution in [0.1, 0.15) is 37.8 Å². The highest BCUT2D eigenvalue weighted by molar-refractivity contribution is 5.88. The van der Waals surface area contributed by atoms with E-state index in [4.69, 9.17) is 4.74 Å². The Hall–Kier alpha value is -2.25. The van der Waals surface area contributed by atoms with Crippen molar-refractivity contribution in [1.29, 1.82) is 0 Å². The van der Waals surface area contributed by atoms with Gasteiger partial charge in [-0.1, -0.05) is 24.6 Å². The summed E-state index contributed by atoms with van der Waals surface area (Å²) >= 11 is 0. The van der Waals surface area contributed by atoms with Gasteiger partial charge in [-0.05, 0) is 50.8 Å². The third kappa shape index (κ3) is 4.57. The molecule has 0 radical (unpaired) electrons. The fourth-order valence-corrected chi connectivity index (χ4v) is 5.15. The summed E-state index contributed by atoms with van der Waals surface area (Å²) in [5.74, 6) is 0.560. The molecule has 1 aromatic carbocycles. The van der Waals surface area contributed by atoms with E-state index < -0.39 is 0 Å². The molecule has 2 unspecified atom stereocenters. The predicted molar refractivity (Wildman–Crippen MR) is 116 cm³/mol. The van der Waals surface area contributed by atoms with Crippen molar-refractivity contribution in [3.05, 3.63) is 40.3 Å². The number of nitrogens with one attached hydrogen (secondary N) is 1. The molecule has 2 aliphatic rings. The maximum absolute atomic E-state index is 13.3. The van der Waals surface area contributed by atoms with Crippen molar-refractivity contribution in [2.45, 2.75) is 44.6 Å².